The zero-order valence-electron chi connectivity index (χ0n) is 10.9. The first kappa shape index (κ1) is 16.4. The van der Waals surface area contributed by atoms with Crippen LogP contribution in [-0.2, 0) is 16.4 Å². The number of aromatic nitrogens is 2. The van der Waals surface area contributed by atoms with Crippen molar-refractivity contribution in [2.45, 2.75) is 18.2 Å². The van der Waals surface area contributed by atoms with Crippen molar-refractivity contribution in [2.75, 3.05) is 12.3 Å². The van der Waals surface area contributed by atoms with Gasteiger partial charge in [0.1, 0.15) is 4.90 Å². The molecule has 2 aromatic rings. The quantitative estimate of drug-likeness (QED) is 0.689. The molecule has 1 aromatic carbocycles. The summed E-state index contributed by atoms with van der Waals surface area (Å²) >= 11 is 6.45. The van der Waals surface area contributed by atoms with Crippen molar-refractivity contribution < 1.29 is 12.9 Å². The van der Waals surface area contributed by atoms with Crippen molar-refractivity contribution in [3.05, 3.63) is 32.8 Å². The van der Waals surface area contributed by atoms with Gasteiger partial charge < -0.3 is 10.3 Å². The molecule has 0 saturated carbocycles. The minimum Gasteiger partial charge on any atom is -0.398 e. The van der Waals surface area contributed by atoms with Gasteiger partial charge in [0.2, 0.25) is 15.9 Å². The van der Waals surface area contributed by atoms with Crippen LogP contribution in [0.5, 0.6) is 0 Å². The molecular weight excluding hydrogens is 428 g/mol. The van der Waals surface area contributed by atoms with Crippen molar-refractivity contribution in [3.8, 4) is 0 Å². The van der Waals surface area contributed by atoms with Gasteiger partial charge in [0.25, 0.3) is 0 Å². The van der Waals surface area contributed by atoms with Gasteiger partial charge >= 0.3 is 0 Å². The number of nitrogens with zero attached hydrogens (tertiary/aromatic N) is 2. The molecular formula is C11H12Br2N4O3S. The Labute approximate surface area is 138 Å². The van der Waals surface area contributed by atoms with E-state index in [2.05, 4.69) is 46.7 Å². The number of benzene rings is 1. The third kappa shape index (κ3) is 4.02. The lowest BCUT2D eigenvalue weighted by molar-refractivity contribution is 0.375. The smallest absolute Gasteiger partial charge is 0.243 e. The summed E-state index contributed by atoms with van der Waals surface area (Å²) in [5, 5.41) is 3.63. The molecule has 1 heterocycles. The monoisotopic (exact) mass is 438 g/mol. The van der Waals surface area contributed by atoms with E-state index in [-0.39, 0.29) is 17.1 Å². The molecule has 114 valence electrons. The van der Waals surface area contributed by atoms with Gasteiger partial charge in [0, 0.05) is 21.9 Å². The lowest BCUT2D eigenvalue weighted by atomic mass is 10.3. The third-order valence-electron chi connectivity index (χ3n) is 2.51. The molecule has 0 aliphatic heterocycles. The molecule has 0 aliphatic rings. The summed E-state index contributed by atoms with van der Waals surface area (Å²) < 4.78 is 33.0. The van der Waals surface area contributed by atoms with Crippen molar-refractivity contribution >= 4 is 47.6 Å². The van der Waals surface area contributed by atoms with Gasteiger partial charge in [-0.25, -0.2) is 13.1 Å². The van der Waals surface area contributed by atoms with Crippen LogP contribution in [0.25, 0.3) is 0 Å². The van der Waals surface area contributed by atoms with Crippen LogP contribution in [0.3, 0.4) is 0 Å². The number of anilines is 1. The molecule has 0 amide bonds. The van der Waals surface area contributed by atoms with Crippen molar-refractivity contribution in [3.63, 3.8) is 0 Å². The van der Waals surface area contributed by atoms with Crippen LogP contribution in [0.4, 0.5) is 5.69 Å². The lowest BCUT2D eigenvalue weighted by Crippen LogP contribution is -2.27. The molecule has 0 bridgehead atoms. The Morgan fingerprint density at radius 3 is 2.67 bits per heavy atom. The maximum Gasteiger partial charge on any atom is 0.243 e. The lowest BCUT2D eigenvalue weighted by Gasteiger charge is -2.11. The zero-order chi connectivity index (χ0) is 15.6. The highest BCUT2D eigenvalue weighted by Gasteiger charge is 2.21. The van der Waals surface area contributed by atoms with Crippen LogP contribution >= 0.6 is 31.9 Å². The summed E-state index contributed by atoms with van der Waals surface area (Å²) in [6.45, 7) is 1.82. The fraction of sp³-hybridized carbons (Fsp3) is 0.273. The molecule has 0 unspecified atom stereocenters. The van der Waals surface area contributed by atoms with E-state index in [1.165, 1.54) is 6.07 Å². The Bertz CT molecular complexity index is 738. The highest BCUT2D eigenvalue weighted by atomic mass is 79.9. The summed E-state index contributed by atoms with van der Waals surface area (Å²) in [4.78, 5) is 4.00. The van der Waals surface area contributed by atoms with Gasteiger partial charge in [-0.3, -0.25) is 0 Å². The summed E-state index contributed by atoms with van der Waals surface area (Å²) in [6, 6.07) is 3.15. The van der Waals surface area contributed by atoms with Crippen LogP contribution in [0.1, 0.15) is 11.7 Å². The predicted molar refractivity (Wildman–Crippen MR) is 84.2 cm³/mol. The van der Waals surface area contributed by atoms with Crippen molar-refractivity contribution in [1.29, 1.82) is 0 Å². The number of rotatable bonds is 5. The second-order valence-electron chi connectivity index (χ2n) is 4.19. The Kier molecular flexibility index (Phi) is 5.02. The average molecular weight is 440 g/mol. The summed E-state index contributed by atoms with van der Waals surface area (Å²) in [5.41, 5.74) is 5.92. The minimum atomic E-state index is -3.73. The minimum absolute atomic E-state index is 0.00686. The number of nitrogen functional groups attached to an aromatic ring is 1. The van der Waals surface area contributed by atoms with E-state index >= 15 is 0 Å². The van der Waals surface area contributed by atoms with E-state index in [9.17, 15) is 8.42 Å². The number of hydrogen-bond acceptors (Lipinski definition) is 6. The van der Waals surface area contributed by atoms with Crippen LogP contribution in [0, 0.1) is 6.92 Å². The van der Waals surface area contributed by atoms with Crippen LogP contribution in [0.15, 0.2) is 30.5 Å². The van der Waals surface area contributed by atoms with Gasteiger partial charge in [-0.2, -0.15) is 4.98 Å². The highest BCUT2D eigenvalue weighted by molar-refractivity contribution is 9.11. The van der Waals surface area contributed by atoms with E-state index in [0.29, 0.717) is 27.1 Å². The largest absolute Gasteiger partial charge is 0.398 e. The van der Waals surface area contributed by atoms with Gasteiger partial charge in [0.05, 0.1) is 5.69 Å². The Hall–Kier alpha value is -0.970. The molecule has 0 saturated heterocycles. The second kappa shape index (κ2) is 6.42. The van der Waals surface area contributed by atoms with E-state index in [1.807, 2.05) is 0 Å². The number of hydrogen-bond donors (Lipinski definition) is 2. The molecule has 0 aliphatic carbocycles. The van der Waals surface area contributed by atoms with Crippen LogP contribution in [0.2, 0.25) is 0 Å². The van der Waals surface area contributed by atoms with Gasteiger partial charge in [-0.05, 0) is 35.0 Å². The SMILES string of the molecule is Cc1noc(CCNS(=O)(=O)c2c(N)cc(Br)cc2Br)n1. The van der Waals surface area contributed by atoms with Crippen LogP contribution < -0.4 is 10.5 Å². The molecule has 0 radical (unpaired) electrons. The number of nitrogens with two attached hydrogens (primary N) is 1. The molecule has 10 heteroatoms. The normalized spacial score (nSPS) is 11.8. The van der Waals surface area contributed by atoms with Crippen LogP contribution in [-0.4, -0.2) is 25.1 Å². The molecule has 0 spiro atoms. The number of halogens is 2. The number of nitrogens with one attached hydrogen (secondary N) is 1. The van der Waals surface area contributed by atoms with Gasteiger partial charge in [-0.15, -0.1) is 0 Å². The Morgan fingerprint density at radius 1 is 1.38 bits per heavy atom. The standard InChI is InChI=1S/C11H12Br2N4O3S/c1-6-16-10(20-17-6)2-3-15-21(18,19)11-8(13)4-7(12)5-9(11)14/h4-5,15H,2-3,14H2,1H3. The molecule has 7 nitrogen and oxygen atoms in total. The molecule has 1 aromatic heterocycles. The highest BCUT2D eigenvalue weighted by Crippen LogP contribution is 2.31. The summed E-state index contributed by atoms with van der Waals surface area (Å²) in [6.07, 6.45) is 0.300. The first-order valence-corrected chi connectivity index (χ1v) is 8.90. The van der Waals surface area contributed by atoms with E-state index in [4.69, 9.17) is 10.3 Å². The van der Waals surface area contributed by atoms with E-state index in [0.717, 1.165) is 0 Å². The Balaban J connectivity index is 2.12. The first-order valence-electron chi connectivity index (χ1n) is 5.83. The zero-order valence-corrected chi connectivity index (χ0v) is 14.9. The average Bonchev–Trinajstić information content (AvgIpc) is 2.72. The van der Waals surface area contributed by atoms with Crippen molar-refractivity contribution in [1.82, 2.24) is 14.9 Å². The second-order valence-corrected chi connectivity index (χ2v) is 7.66. The number of aryl methyl sites for hydroxylation is 1. The maximum absolute atomic E-state index is 12.3. The van der Waals surface area contributed by atoms with E-state index in [1.54, 1.807) is 13.0 Å². The van der Waals surface area contributed by atoms with E-state index < -0.39 is 10.0 Å². The molecule has 0 fully saturated rings. The molecule has 2 rings (SSSR count). The predicted octanol–water partition coefficient (Wildman–Crippen LogP) is 2.01. The van der Waals surface area contributed by atoms with Gasteiger partial charge in [-0.1, -0.05) is 21.1 Å². The fourth-order valence-electron chi connectivity index (χ4n) is 1.67. The van der Waals surface area contributed by atoms with Crippen molar-refractivity contribution in [2.24, 2.45) is 0 Å². The summed E-state index contributed by atoms with van der Waals surface area (Å²) in [5.74, 6) is 0.880. The maximum atomic E-state index is 12.3. The number of sulfonamides is 1. The third-order valence-corrected chi connectivity index (χ3v) is 5.43. The molecule has 3 N–H and O–H groups in total. The van der Waals surface area contributed by atoms with Gasteiger partial charge in [0.15, 0.2) is 5.82 Å². The topological polar surface area (TPSA) is 111 Å². The summed E-state index contributed by atoms with van der Waals surface area (Å²) in [7, 11) is -3.73. The first-order chi connectivity index (χ1) is 9.79. The molecule has 0 atom stereocenters. The Morgan fingerprint density at radius 2 is 2.10 bits per heavy atom. The fourth-order valence-corrected chi connectivity index (χ4v) is 4.77. The molecule has 21 heavy (non-hydrogen) atoms.